The molecule has 2 rings (SSSR count). The molecule has 0 aromatic heterocycles. The summed E-state index contributed by atoms with van der Waals surface area (Å²) in [6.45, 7) is 2.46. The molecule has 17 heavy (non-hydrogen) atoms. The number of carbonyl (C=O) groups excluding carboxylic acids is 1. The monoisotopic (exact) mass is 238 g/mol. The molecule has 0 bridgehead atoms. The van der Waals surface area contributed by atoms with Crippen molar-refractivity contribution in [2.45, 2.75) is 19.4 Å². The quantitative estimate of drug-likeness (QED) is 0.759. The Morgan fingerprint density at radius 1 is 1.53 bits per heavy atom. The predicted molar refractivity (Wildman–Crippen MR) is 60.8 cm³/mol. The van der Waals surface area contributed by atoms with Crippen LogP contribution in [0.4, 0.5) is 4.39 Å². The third-order valence-corrected chi connectivity index (χ3v) is 3.15. The summed E-state index contributed by atoms with van der Waals surface area (Å²) in [6.07, 6.45) is 0.612. The van der Waals surface area contributed by atoms with Crippen molar-refractivity contribution in [2.24, 2.45) is 5.92 Å². The first-order valence-corrected chi connectivity index (χ1v) is 5.63. The second-order valence-electron chi connectivity index (χ2n) is 4.18. The summed E-state index contributed by atoms with van der Waals surface area (Å²) >= 11 is 0. The fraction of sp³-hybridized carbons (Fsp3) is 0.462. The lowest BCUT2D eigenvalue weighted by molar-refractivity contribution is 0.0764. The van der Waals surface area contributed by atoms with Crippen LogP contribution in [0.1, 0.15) is 23.7 Å². The first-order chi connectivity index (χ1) is 8.13. The highest BCUT2D eigenvalue weighted by molar-refractivity contribution is 5.98. The van der Waals surface area contributed by atoms with Gasteiger partial charge >= 0.3 is 0 Å². The number of Topliss-reactive ketones (excluding diaryl/α,β-unsaturated/α-hetero) is 1. The van der Waals surface area contributed by atoms with Crippen LogP contribution < -0.4 is 4.74 Å². The average molecular weight is 238 g/mol. The van der Waals surface area contributed by atoms with Crippen molar-refractivity contribution in [3.05, 3.63) is 29.6 Å². The molecule has 1 fully saturated rings. The number of carbonyl (C=O) groups is 1. The van der Waals surface area contributed by atoms with Crippen LogP contribution in [-0.2, 0) is 4.74 Å². The van der Waals surface area contributed by atoms with Gasteiger partial charge in [0.2, 0.25) is 0 Å². The van der Waals surface area contributed by atoms with Gasteiger partial charge in [-0.3, -0.25) is 4.79 Å². The van der Waals surface area contributed by atoms with Gasteiger partial charge in [-0.2, -0.15) is 0 Å². The first kappa shape index (κ1) is 12.0. The second-order valence-corrected chi connectivity index (χ2v) is 4.18. The average Bonchev–Trinajstić information content (AvgIpc) is 2.74. The van der Waals surface area contributed by atoms with E-state index < -0.39 is 5.82 Å². The maximum absolute atomic E-state index is 13.5. The molecule has 1 saturated heterocycles. The Hall–Kier alpha value is -1.42. The molecule has 0 radical (unpaired) electrons. The first-order valence-electron chi connectivity index (χ1n) is 5.63. The molecular formula is C13H15FO3. The molecule has 0 N–H and O–H groups in total. The zero-order chi connectivity index (χ0) is 12.4. The summed E-state index contributed by atoms with van der Waals surface area (Å²) in [4.78, 5) is 12.1. The molecule has 2 atom stereocenters. The molecule has 1 aromatic carbocycles. The van der Waals surface area contributed by atoms with Gasteiger partial charge < -0.3 is 9.47 Å². The minimum Gasteiger partial charge on any atom is -0.494 e. The zero-order valence-electron chi connectivity index (χ0n) is 9.90. The molecule has 0 amide bonds. The van der Waals surface area contributed by atoms with Gasteiger partial charge in [-0.1, -0.05) is 0 Å². The normalized spacial score (nSPS) is 23.7. The van der Waals surface area contributed by atoms with E-state index in [4.69, 9.17) is 9.47 Å². The van der Waals surface area contributed by atoms with E-state index in [2.05, 4.69) is 0 Å². The number of ether oxygens (including phenoxy) is 2. The fourth-order valence-corrected chi connectivity index (χ4v) is 2.11. The Kier molecular flexibility index (Phi) is 3.43. The van der Waals surface area contributed by atoms with E-state index in [0.717, 1.165) is 0 Å². The minimum atomic E-state index is -0.509. The van der Waals surface area contributed by atoms with Gasteiger partial charge in [0.05, 0.1) is 19.1 Å². The van der Waals surface area contributed by atoms with Crippen LogP contribution in [-0.4, -0.2) is 25.6 Å². The lowest BCUT2D eigenvalue weighted by Crippen LogP contribution is -2.21. The maximum atomic E-state index is 13.5. The second kappa shape index (κ2) is 4.84. The Labute approximate surface area is 99.5 Å². The van der Waals surface area contributed by atoms with Crippen LogP contribution >= 0.6 is 0 Å². The van der Waals surface area contributed by atoms with Gasteiger partial charge in [0.15, 0.2) is 17.3 Å². The van der Waals surface area contributed by atoms with Gasteiger partial charge in [0.1, 0.15) is 0 Å². The SMILES string of the molecule is COc1ccc(C(=O)C2CCOC2C)cc1F. The van der Waals surface area contributed by atoms with E-state index in [0.29, 0.717) is 18.6 Å². The predicted octanol–water partition coefficient (Wildman–Crippen LogP) is 2.44. The molecule has 92 valence electrons. The highest BCUT2D eigenvalue weighted by atomic mass is 19.1. The molecule has 1 heterocycles. The summed E-state index contributed by atoms with van der Waals surface area (Å²) in [5.41, 5.74) is 0.380. The molecule has 3 nitrogen and oxygen atoms in total. The molecule has 1 aliphatic rings. The largest absolute Gasteiger partial charge is 0.494 e. The molecule has 1 aromatic rings. The van der Waals surface area contributed by atoms with E-state index in [1.807, 2.05) is 6.92 Å². The number of methoxy groups -OCH3 is 1. The molecule has 2 unspecified atom stereocenters. The van der Waals surface area contributed by atoms with E-state index in [1.54, 1.807) is 6.07 Å². The smallest absolute Gasteiger partial charge is 0.168 e. The van der Waals surface area contributed by atoms with Gasteiger partial charge in [0, 0.05) is 12.2 Å². The van der Waals surface area contributed by atoms with Crippen molar-refractivity contribution in [3.8, 4) is 5.75 Å². The van der Waals surface area contributed by atoms with E-state index in [9.17, 15) is 9.18 Å². The van der Waals surface area contributed by atoms with Crippen LogP contribution in [0.3, 0.4) is 0 Å². The van der Waals surface area contributed by atoms with Gasteiger partial charge in [0.25, 0.3) is 0 Å². The highest BCUT2D eigenvalue weighted by Gasteiger charge is 2.31. The molecular weight excluding hydrogens is 223 g/mol. The standard InChI is InChI=1S/C13H15FO3/c1-8-10(5-6-17-8)13(15)9-3-4-12(16-2)11(14)7-9/h3-4,7-8,10H,5-6H2,1-2H3. The molecule has 0 saturated carbocycles. The fourth-order valence-electron chi connectivity index (χ4n) is 2.11. The number of halogens is 1. The van der Waals surface area contributed by atoms with Gasteiger partial charge in [-0.25, -0.2) is 4.39 Å². The number of ketones is 1. The molecule has 1 aliphatic heterocycles. The molecule has 0 aliphatic carbocycles. The topological polar surface area (TPSA) is 35.5 Å². The highest BCUT2D eigenvalue weighted by Crippen LogP contribution is 2.26. The summed E-state index contributed by atoms with van der Waals surface area (Å²) < 4.78 is 23.6. The van der Waals surface area contributed by atoms with Crippen LogP contribution in [0.2, 0.25) is 0 Å². The summed E-state index contributed by atoms with van der Waals surface area (Å²) in [6, 6.07) is 4.30. The van der Waals surface area contributed by atoms with Crippen LogP contribution in [0.15, 0.2) is 18.2 Å². The van der Waals surface area contributed by atoms with Gasteiger partial charge in [-0.15, -0.1) is 0 Å². The van der Waals surface area contributed by atoms with E-state index in [1.165, 1.54) is 19.2 Å². The number of hydrogen-bond donors (Lipinski definition) is 0. The third-order valence-electron chi connectivity index (χ3n) is 3.15. The number of benzene rings is 1. The Morgan fingerprint density at radius 3 is 2.82 bits per heavy atom. The minimum absolute atomic E-state index is 0.0587. The maximum Gasteiger partial charge on any atom is 0.168 e. The van der Waals surface area contributed by atoms with Crippen LogP contribution in [0, 0.1) is 11.7 Å². The zero-order valence-corrected chi connectivity index (χ0v) is 9.90. The third kappa shape index (κ3) is 2.31. The van der Waals surface area contributed by atoms with Crippen molar-refractivity contribution in [1.29, 1.82) is 0 Å². The van der Waals surface area contributed by atoms with Crippen molar-refractivity contribution >= 4 is 5.78 Å². The molecule has 0 spiro atoms. The number of rotatable bonds is 3. The lowest BCUT2D eigenvalue weighted by Gasteiger charge is -2.13. The van der Waals surface area contributed by atoms with Crippen LogP contribution in [0.5, 0.6) is 5.75 Å². The molecule has 4 heteroatoms. The van der Waals surface area contributed by atoms with Gasteiger partial charge in [-0.05, 0) is 31.5 Å². The summed E-state index contributed by atoms with van der Waals surface area (Å²) in [7, 11) is 1.40. The van der Waals surface area contributed by atoms with E-state index >= 15 is 0 Å². The van der Waals surface area contributed by atoms with Crippen molar-refractivity contribution < 1.29 is 18.7 Å². The Bertz CT molecular complexity index is 431. The Morgan fingerprint density at radius 2 is 2.29 bits per heavy atom. The summed E-state index contributed by atoms with van der Waals surface area (Å²) in [5.74, 6) is -0.582. The van der Waals surface area contributed by atoms with Crippen molar-refractivity contribution in [2.75, 3.05) is 13.7 Å². The summed E-state index contributed by atoms with van der Waals surface area (Å²) in [5, 5.41) is 0. The van der Waals surface area contributed by atoms with Crippen molar-refractivity contribution in [3.63, 3.8) is 0 Å². The Balaban J connectivity index is 2.22. The van der Waals surface area contributed by atoms with Crippen molar-refractivity contribution in [1.82, 2.24) is 0 Å². The van der Waals surface area contributed by atoms with E-state index in [-0.39, 0.29) is 23.6 Å². The van der Waals surface area contributed by atoms with Crippen LogP contribution in [0.25, 0.3) is 0 Å². The number of hydrogen-bond acceptors (Lipinski definition) is 3. The lowest BCUT2D eigenvalue weighted by atomic mass is 9.92.